The van der Waals surface area contributed by atoms with Gasteiger partial charge in [-0.25, -0.2) is 0 Å². The van der Waals surface area contributed by atoms with Gasteiger partial charge < -0.3 is 4.74 Å². The van der Waals surface area contributed by atoms with Crippen LogP contribution in [0.15, 0.2) is 54.7 Å². The Balaban J connectivity index is 2.07. The molecule has 2 aromatic carbocycles. The molecule has 0 radical (unpaired) electrons. The van der Waals surface area contributed by atoms with Crippen LogP contribution < -0.4 is 4.74 Å². The number of rotatable bonds is 3. The molecule has 1 aromatic heterocycles. The quantitative estimate of drug-likeness (QED) is 0.626. The lowest BCUT2D eigenvalue weighted by Gasteiger charge is -2.12. The van der Waals surface area contributed by atoms with E-state index in [0.717, 1.165) is 33.5 Å². The van der Waals surface area contributed by atoms with E-state index in [4.69, 9.17) is 16.3 Å². The zero-order chi connectivity index (χ0) is 13.9. The standard InChI is InChI=1S/C17H14ClNO/c1-12-9-17(14(10-18)11-19-12)20-16-8-4-6-13-5-2-3-7-15(13)16/h2-9,11H,10H2,1H3. The van der Waals surface area contributed by atoms with Gasteiger partial charge in [0.15, 0.2) is 0 Å². The van der Waals surface area contributed by atoms with Crippen molar-refractivity contribution < 1.29 is 4.74 Å². The van der Waals surface area contributed by atoms with Crippen LogP contribution in [0.25, 0.3) is 10.8 Å². The van der Waals surface area contributed by atoms with Crippen LogP contribution in [0.3, 0.4) is 0 Å². The van der Waals surface area contributed by atoms with E-state index >= 15 is 0 Å². The topological polar surface area (TPSA) is 22.1 Å². The number of pyridine rings is 1. The molecule has 0 aliphatic rings. The van der Waals surface area contributed by atoms with Gasteiger partial charge in [-0.3, -0.25) is 4.98 Å². The third kappa shape index (κ3) is 2.47. The maximum atomic E-state index is 6.07. The fraction of sp³-hybridized carbons (Fsp3) is 0.118. The van der Waals surface area contributed by atoms with Gasteiger partial charge in [0.25, 0.3) is 0 Å². The molecule has 0 unspecified atom stereocenters. The highest BCUT2D eigenvalue weighted by Gasteiger charge is 2.08. The second-order valence-electron chi connectivity index (χ2n) is 4.65. The van der Waals surface area contributed by atoms with Crippen LogP contribution in [0.1, 0.15) is 11.3 Å². The van der Waals surface area contributed by atoms with E-state index in [9.17, 15) is 0 Å². The summed E-state index contributed by atoms with van der Waals surface area (Å²) in [6, 6.07) is 16.1. The van der Waals surface area contributed by atoms with Crippen LogP contribution in [-0.2, 0) is 5.88 Å². The molecule has 0 bridgehead atoms. The number of halogens is 1. The molecule has 0 saturated carbocycles. The summed E-state index contributed by atoms with van der Waals surface area (Å²) in [6.07, 6.45) is 1.77. The number of aryl methyl sites for hydroxylation is 1. The van der Waals surface area contributed by atoms with E-state index in [1.54, 1.807) is 6.20 Å². The molecule has 2 nitrogen and oxygen atoms in total. The number of fused-ring (bicyclic) bond motifs is 1. The highest BCUT2D eigenvalue weighted by molar-refractivity contribution is 6.17. The molecule has 0 N–H and O–H groups in total. The van der Waals surface area contributed by atoms with E-state index in [-0.39, 0.29) is 0 Å². The second-order valence-corrected chi connectivity index (χ2v) is 4.91. The zero-order valence-corrected chi connectivity index (χ0v) is 11.9. The van der Waals surface area contributed by atoms with Gasteiger partial charge in [0.1, 0.15) is 11.5 Å². The summed E-state index contributed by atoms with van der Waals surface area (Å²) in [7, 11) is 0. The SMILES string of the molecule is Cc1cc(Oc2cccc3ccccc23)c(CCl)cn1. The van der Waals surface area contributed by atoms with E-state index in [2.05, 4.69) is 23.2 Å². The monoisotopic (exact) mass is 283 g/mol. The number of nitrogens with zero attached hydrogens (tertiary/aromatic N) is 1. The molecule has 20 heavy (non-hydrogen) atoms. The Morgan fingerprint density at radius 2 is 1.85 bits per heavy atom. The number of alkyl halides is 1. The smallest absolute Gasteiger partial charge is 0.135 e. The van der Waals surface area contributed by atoms with E-state index in [1.165, 1.54) is 0 Å². The number of ether oxygens (including phenoxy) is 1. The number of benzene rings is 2. The first-order chi connectivity index (χ1) is 9.78. The van der Waals surface area contributed by atoms with E-state index in [1.807, 2.05) is 37.3 Å². The van der Waals surface area contributed by atoms with Gasteiger partial charge in [-0.2, -0.15) is 0 Å². The van der Waals surface area contributed by atoms with Crippen molar-refractivity contribution in [3.63, 3.8) is 0 Å². The minimum atomic E-state index is 0.382. The number of aromatic nitrogens is 1. The molecule has 0 saturated heterocycles. The Morgan fingerprint density at radius 3 is 2.70 bits per heavy atom. The third-order valence-electron chi connectivity index (χ3n) is 3.19. The predicted molar refractivity (Wildman–Crippen MR) is 82.6 cm³/mol. The van der Waals surface area contributed by atoms with Crippen LogP contribution in [0.4, 0.5) is 0 Å². The largest absolute Gasteiger partial charge is 0.456 e. The van der Waals surface area contributed by atoms with Gasteiger partial charge in [-0.1, -0.05) is 36.4 Å². The average molecular weight is 284 g/mol. The molecule has 0 aliphatic heterocycles. The normalized spacial score (nSPS) is 10.7. The molecule has 100 valence electrons. The third-order valence-corrected chi connectivity index (χ3v) is 3.48. The minimum Gasteiger partial charge on any atom is -0.456 e. The van der Waals surface area contributed by atoms with E-state index < -0.39 is 0 Å². The first-order valence-electron chi connectivity index (χ1n) is 6.45. The molecule has 0 fully saturated rings. The van der Waals surface area contributed by atoms with Crippen molar-refractivity contribution in [2.24, 2.45) is 0 Å². The highest BCUT2D eigenvalue weighted by Crippen LogP contribution is 2.32. The van der Waals surface area contributed by atoms with Crippen molar-refractivity contribution in [2.75, 3.05) is 0 Å². The maximum absolute atomic E-state index is 6.07. The van der Waals surface area contributed by atoms with Crippen molar-refractivity contribution in [3.05, 3.63) is 66.0 Å². The first kappa shape index (κ1) is 12.9. The molecule has 0 aliphatic carbocycles. The summed E-state index contributed by atoms with van der Waals surface area (Å²) in [4.78, 5) is 4.25. The molecule has 3 rings (SSSR count). The molecule has 3 aromatic rings. The average Bonchev–Trinajstić information content (AvgIpc) is 2.48. The second kappa shape index (κ2) is 5.51. The fourth-order valence-electron chi connectivity index (χ4n) is 2.16. The maximum Gasteiger partial charge on any atom is 0.135 e. The fourth-order valence-corrected chi connectivity index (χ4v) is 2.36. The van der Waals surface area contributed by atoms with E-state index in [0.29, 0.717) is 5.88 Å². The van der Waals surface area contributed by atoms with Gasteiger partial charge in [0, 0.05) is 28.9 Å². The summed E-state index contributed by atoms with van der Waals surface area (Å²) in [5.74, 6) is 1.98. The highest BCUT2D eigenvalue weighted by atomic mass is 35.5. The van der Waals surface area contributed by atoms with Crippen LogP contribution in [-0.4, -0.2) is 4.98 Å². The predicted octanol–water partition coefficient (Wildman–Crippen LogP) is 5.07. The van der Waals surface area contributed by atoms with Gasteiger partial charge in [0.2, 0.25) is 0 Å². The van der Waals surface area contributed by atoms with Crippen LogP contribution in [0.5, 0.6) is 11.5 Å². The summed E-state index contributed by atoms with van der Waals surface area (Å²) in [5, 5.41) is 2.24. The summed E-state index contributed by atoms with van der Waals surface area (Å²) >= 11 is 5.95. The number of hydrogen-bond donors (Lipinski definition) is 0. The van der Waals surface area contributed by atoms with Crippen molar-refractivity contribution >= 4 is 22.4 Å². The van der Waals surface area contributed by atoms with Crippen molar-refractivity contribution in [2.45, 2.75) is 12.8 Å². The van der Waals surface area contributed by atoms with Crippen molar-refractivity contribution in [3.8, 4) is 11.5 Å². The minimum absolute atomic E-state index is 0.382. The summed E-state index contributed by atoms with van der Waals surface area (Å²) < 4.78 is 6.07. The Hall–Kier alpha value is -2.06. The van der Waals surface area contributed by atoms with Crippen LogP contribution in [0, 0.1) is 6.92 Å². The molecular formula is C17H14ClNO. The molecule has 1 heterocycles. The van der Waals surface area contributed by atoms with Gasteiger partial charge in [-0.15, -0.1) is 11.6 Å². The van der Waals surface area contributed by atoms with Gasteiger partial charge in [-0.05, 0) is 18.4 Å². The lowest BCUT2D eigenvalue weighted by atomic mass is 10.1. The molecule has 0 spiro atoms. The summed E-state index contributed by atoms with van der Waals surface area (Å²) in [5.41, 5.74) is 1.80. The first-order valence-corrected chi connectivity index (χ1v) is 6.98. The Labute approximate surface area is 123 Å². The molecule has 3 heteroatoms. The van der Waals surface area contributed by atoms with Crippen molar-refractivity contribution in [1.82, 2.24) is 4.98 Å². The van der Waals surface area contributed by atoms with Gasteiger partial charge in [0.05, 0.1) is 5.88 Å². The lowest BCUT2D eigenvalue weighted by Crippen LogP contribution is -1.93. The zero-order valence-electron chi connectivity index (χ0n) is 11.1. The van der Waals surface area contributed by atoms with Crippen molar-refractivity contribution in [1.29, 1.82) is 0 Å². The molecule has 0 atom stereocenters. The Bertz CT molecular complexity index is 750. The lowest BCUT2D eigenvalue weighted by molar-refractivity contribution is 0.482. The van der Waals surface area contributed by atoms with Gasteiger partial charge >= 0.3 is 0 Å². The molecule has 0 amide bonds. The summed E-state index contributed by atoms with van der Waals surface area (Å²) in [6.45, 7) is 1.94. The number of hydrogen-bond acceptors (Lipinski definition) is 2. The molecular weight excluding hydrogens is 270 g/mol. The van der Waals surface area contributed by atoms with Crippen LogP contribution in [0.2, 0.25) is 0 Å². The van der Waals surface area contributed by atoms with Crippen LogP contribution >= 0.6 is 11.6 Å². The Morgan fingerprint density at radius 1 is 1.05 bits per heavy atom. The Kier molecular flexibility index (Phi) is 3.57.